The molecule has 1 aromatic rings. The zero-order chi connectivity index (χ0) is 11.2. The molecule has 0 unspecified atom stereocenters. The highest BCUT2D eigenvalue weighted by atomic mass is 19.1. The van der Waals surface area contributed by atoms with Crippen LogP contribution in [-0.2, 0) is 5.54 Å². The molecule has 82 valence electrons. The van der Waals surface area contributed by atoms with Gasteiger partial charge in [0, 0.05) is 5.56 Å². The van der Waals surface area contributed by atoms with Gasteiger partial charge in [-0.05, 0) is 37.5 Å². The topological polar surface area (TPSA) is 46.2 Å². The number of aliphatic hydroxyl groups is 1. The lowest BCUT2D eigenvalue weighted by Crippen LogP contribution is -2.52. The zero-order valence-electron chi connectivity index (χ0n) is 8.43. The van der Waals surface area contributed by atoms with Gasteiger partial charge in [-0.1, -0.05) is 0 Å². The van der Waals surface area contributed by atoms with Crippen molar-refractivity contribution in [3.63, 3.8) is 0 Å². The molecule has 1 saturated carbocycles. The van der Waals surface area contributed by atoms with E-state index in [-0.39, 0.29) is 18.4 Å². The predicted octanol–water partition coefficient (Wildman–Crippen LogP) is 1.58. The second-order valence-corrected chi connectivity index (χ2v) is 4.32. The van der Waals surface area contributed by atoms with Gasteiger partial charge in [-0.15, -0.1) is 0 Å². The molecule has 0 radical (unpaired) electrons. The fourth-order valence-corrected chi connectivity index (χ4v) is 2.16. The van der Waals surface area contributed by atoms with E-state index in [4.69, 9.17) is 10.8 Å². The molecule has 15 heavy (non-hydrogen) atoms. The quantitative estimate of drug-likeness (QED) is 0.744. The lowest BCUT2D eigenvalue weighted by atomic mass is 9.70. The average Bonchev–Trinajstić information content (AvgIpc) is 1.98. The molecule has 0 amide bonds. The first kappa shape index (κ1) is 10.5. The van der Waals surface area contributed by atoms with Gasteiger partial charge in [0.05, 0.1) is 11.6 Å². The Morgan fingerprint density at radius 1 is 1.33 bits per heavy atom. The Morgan fingerprint density at radius 2 is 1.80 bits per heavy atom. The van der Waals surface area contributed by atoms with E-state index in [0.29, 0.717) is 5.56 Å². The van der Waals surface area contributed by atoms with Crippen LogP contribution in [0.3, 0.4) is 0 Å². The van der Waals surface area contributed by atoms with Crippen LogP contribution in [0.25, 0.3) is 0 Å². The van der Waals surface area contributed by atoms with Crippen molar-refractivity contribution in [2.45, 2.75) is 31.4 Å². The van der Waals surface area contributed by atoms with Gasteiger partial charge in [-0.25, -0.2) is 8.78 Å². The molecule has 0 atom stereocenters. The lowest BCUT2D eigenvalue weighted by Gasteiger charge is -2.42. The molecule has 1 aliphatic carbocycles. The number of halogens is 2. The van der Waals surface area contributed by atoms with Crippen LogP contribution in [0.5, 0.6) is 0 Å². The molecule has 2 nitrogen and oxygen atoms in total. The summed E-state index contributed by atoms with van der Waals surface area (Å²) >= 11 is 0. The summed E-state index contributed by atoms with van der Waals surface area (Å²) in [4.78, 5) is 0. The Labute approximate surface area is 86.7 Å². The monoisotopic (exact) mass is 213 g/mol. The van der Waals surface area contributed by atoms with E-state index in [0.717, 1.165) is 0 Å². The van der Waals surface area contributed by atoms with E-state index < -0.39 is 23.3 Å². The fourth-order valence-electron chi connectivity index (χ4n) is 2.16. The molecule has 0 aromatic heterocycles. The molecule has 0 bridgehead atoms. The number of rotatable bonds is 1. The average molecular weight is 213 g/mol. The summed E-state index contributed by atoms with van der Waals surface area (Å²) in [6, 6.07) is 2.52. The number of hydrogen-bond donors (Lipinski definition) is 2. The van der Waals surface area contributed by atoms with Crippen molar-refractivity contribution in [3.05, 3.63) is 34.9 Å². The number of nitrogens with two attached hydrogens (primary N) is 1. The van der Waals surface area contributed by atoms with Crippen molar-refractivity contribution >= 4 is 0 Å². The second kappa shape index (κ2) is 3.25. The Kier molecular flexibility index (Phi) is 2.28. The number of aliphatic hydroxyl groups excluding tert-OH is 1. The van der Waals surface area contributed by atoms with Gasteiger partial charge >= 0.3 is 0 Å². The Balaban J connectivity index is 2.45. The van der Waals surface area contributed by atoms with Crippen molar-refractivity contribution < 1.29 is 13.9 Å². The van der Waals surface area contributed by atoms with Gasteiger partial charge in [-0.3, -0.25) is 0 Å². The van der Waals surface area contributed by atoms with Gasteiger partial charge in [0.15, 0.2) is 0 Å². The highest BCUT2D eigenvalue weighted by molar-refractivity contribution is 5.33. The summed E-state index contributed by atoms with van der Waals surface area (Å²) in [7, 11) is 0. The van der Waals surface area contributed by atoms with Crippen LogP contribution < -0.4 is 5.73 Å². The van der Waals surface area contributed by atoms with Gasteiger partial charge in [0.25, 0.3) is 0 Å². The molecule has 3 N–H and O–H groups in total. The van der Waals surface area contributed by atoms with Crippen molar-refractivity contribution in [2.75, 3.05) is 0 Å². The normalized spacial score (nSPS) is 30.1. The summed E-state index contributed by atoms with van der Waals surface area (Å²) < 4.78 is 27.1. The van der Waals surface area contributed by atoms with E-state index in [1.807, 2.05) is 0 Å². The van der Waals surface area contributed by atoms with Crippen molar-refractivity contribution in [2.24, 2.45) is 5.73 Å². The van der Waals surface area contributed by atoms with Gasteiger partial charge in [-0.2, -0.15) is 0 Å². The Morgan fingerprint density at radius 3 is 2.20 bits per heavy atom. The number of benzene rings is 1. The molecule has 0 heterocycles. The van der Waals surface area contributed by atoms with Crippen LogP contribution in [0.4, 0.5) is 8.78 Å². The first-order valence-electron chi connectivity index (χ1n) is 4.85. The number of hydrogen-bond acceptors (Lipinski definition) is 2. The molecular formula is C11H13F2NO. The van der Waals surface area contributed by atoms with Crippen LogP contribution >= 0.6 is 0 Å². The van der Waals surface area contributed by atoms with Crippen LogP contribution in [0.2, 0.25) is 0 Å². The van der Waals surface area contributed by atoms with Gasteiger partial charge in [0.2, 0.25) is 0 Å². The summed E-state index contributed by atoms with van der Waals surface area (Å²) in [6.45, 7) is 1.62. The molecule has 4 heteroatoms. The predicted molar refractivity (Wildman–Crippen MR) is 52.2 cm³/mol. The summed E-state index contributed by atoms with van der Waals surface area (Å²) in [5, 5.41) is 9.16. The standard InChI is InChI=1S/C11H13F2NO/c1-6-2-8(12)10(9(13)3-6)11(14)4-7(15)5-11/h2-3,7,15H,4-5,14H2,1H3. The van der Waals surface area contributed by atoms with E-state index in [1.165, 1.54) is 12.1 Å². The maximum absolute atomic E-state index is 13.6. The third-order valence-electron chi connectivity index (χ3n) is 2.88. The van der Waals surface area contributed by atoms with Gasteiger partial charge in [0.1, 0.15) is 11.6 Å². The highest BCUT2D eigenvalue weighted by Crippen LogP contribution is 2.41. The SMILES string of the molecule is Cc1cc(F)c(C2(N)CC(O)C2)c(F)c1. The molecule has 1 aliphatic rings. The van der Waals surface area contributed by atoms with Crippen molar-refractivity contribution in [1.29, 1.82) is 0 Å². The molecule has 0 spiro atoms. The summed E-state index contributed by atoms with van der Waals surface area (Å²) in [5.41, 5.74) is 5.21. The third-order valence-corrected chi connectivity index (χ3v) is 2.88. The fraction of sp³-hybridized carbons (Fsp3) is 0.455. The van der Waals surface area contributed by atoms with Crippen molar-refractivity contribution in [3.8, 4) is 0 Å². The summed E-state index contributed by atoms with van der Waals surface area (Å²) in [5.74, 6) is -1.25. The van der Waals surface area contributed by atoms with Crippen molar-refractivity contribution in [1.82, 2.24) is 0 Å². The van der Waals surface area contributed by atoms with E-state index in [9.17, 15) is 8.78 Å². The largest absolute Gasteiger partial charge is 0.393 e. The highest BCUT2D eigenvalue weighted by Gasteiger charge is 2.44. The maximum Gasteiger partial charge on any atom is 0.131 e. The molecular weight excluding hydrogens is 200 g/mol. The van der Waals surface area contributed by atoms with E-state index >= 15 is 0 Å². The molecule has 0 saturated heterocycles. The van der Waals surface area contributed by atoms with Gasteiger partial charge < -0.3 is 10.8 Å². The number of aryl methyl sites for hydroxylation is 1. The first-order chi connectivity index (χ1) is 6.92. The molecule has 2 rings (SSSR count). The van der Waals surface area contributed by atoms with Crippen LogP contribution in [0.15, 0.2) is 12.1 Å². The van der Waals surface area contributed by atoms with E-state index in [2.05, 4.69) is 0 Å². The Hall–Kier alpha value is -1.00. The third kappa shape index (κ3) is 1.64. The first-order valence-corrected chi connectivity index (χ1v) is 4.85. The molecule has 1 fully saturated rings. The zero-order valence-corrected chi connectivity index (χ0v) is 8.43. The minimum Gasteiger partial charge on any atom is -0.393 e. The maximum atomic E-state index is 13.6. The molecule has 0 aliphatic heterocycles. The minimum atomic E-state index is -1.04. The minimum absolute atomic E-state index is 0.0987. The van der Waals surface area contributed by atoms with Crippen LogP contribution in [-0.4, -0.2) is 11.2 Å². The second-order valence-electron chi connectivity index (χ2n) is 4.32. The van der Waals surface area contributed by atoms with Crippen LogP contribution in [0, 0.1) is 18.6 Å². The smallest absolute Gasteiger partial charge is 0.131 e. The lowest BCUT2D eigenvalue weighted by molar-refractivity contribution is 0.0175. The molecule has 1 aromatic carbocycles. The Bertz CT molecular complexity index is 377. The van der Waals surface area contributed by atoms with Crippen LogP contribution in [0.1, 0.15) is 24.0 Å². The van der Waals surface area contributed by atoms with E-state index in [1.54, 1.807) is 6.92 Å². The summed E-state index contributed by atoms with van der Waals surface area (Å²) in [6.07, 6.45) is -0.122.